The van der Waals surface area contributed by atoms with Gasteiger partial charge in [-0.05, 0) is 25.7 Å². The second kappa shape index (κ2) is 6.47. The molecule has 0 aromatic heterocycles. The van der Waals surface area contributed by atoms with E-state index >= 15 is 0 Å². The van der Waals surface area contributed by atoms with Crippen molar-refractivity contribution in [3.8, 4) is 0 Å². The fourth-order valence-corrected chi connectivity index (χ4v) is 2.12. The lowest BCUT2D eigenvalue weighted by Crippen LogP contribution is -2.42. The van der Waals surface area contributed by atoms with E-state index in [1.807, 2.05) is 0 Å². The Hall–Kier alpha value is -1.26. The predicted octanol–water partition coefficient (Wildman–Crippen LogP) is 1.68. The molecule has 1 aliphatic rings. The van der Waals surface area contributed by atoms with Crippen LogP contribution in [0.5, 0.6) is 0 Å². The van der Waals surface area contributed by atoms with Crippen LogP contribution in [-0.2, 0) is 4.79 Å². The van der Waals surface area contributed by atoms with Gasteiger partial charge in [0.2, 0.25) is 0 Å². The highest BCUT2D eigenvalue weighted by atomic mass is 16.4. The summed E-state index contributed by atoms with van der Waals surface area (Å²) in [5, 5.41) is 11.8. The molecule has 2 amide bonds. The first-order valence-corrected chi connectivity index (χ1v) is 6.29. The van der Waals surface area contributed by atoms with E-state index in [9.17, 15) is 9.59 Å². The number of carbonyl (C=O) groups excluding carboxylic acids is 1. The van der Waals surface area contributed by atoms with E-state index < -0.39 is 5.97 Å². The van der Waals surface area contributed by atoms with E-state index in [1.54, 1.807) is 11.9 Å². The highest BCUT2D eigenvalue weighted by molar-refractivity contribution is 5.75. The fraction of sp³-hybridized carbons (Fsp3) is 0.833. The molecule has 0 heterocycles. The van der Waals surface area contributed by atoms with Gasteiger partial charge in [-0.1, -0.05) is 13.3 Å². The van der Waals surface area contributed by atoms with Gasteiger partial charge in [0.05, 0.1) is 5.92 Å². The van der Waals surface area contributed by atoms with Crippen LogP contribution in [0.2, 0.25) is 0 Å². The first kappa shape index (κ1) is 13.8. The Morgan fingerprint density at radius 1 is 1.41 bits per heavy atom. The van der Waals surface area contributed by atoms with Gasteiger partial charge in [0.1, 0.15) is 0 Å². The third-order valence-electron chi connectivity index (χ3n) is 3.30. The number of urea groups is 1. The third kappa shape index (κ3) is 4.24. The van der Waals surface area contributed by atoms with Crippen LogP contribution in [0, 0.1) is 5.92 Å². The predicted molar refractivity (Wildman–Crippen MR) is 64.8 cm³/mol. The summed E-state index contributed by atoms with van der Waals surface area (Å²) in [6, 6.07) is -0.0674. The van der Waals surface area contributed by atoms with Crippen molar-refractivity contribution < 1.29 is 14.7 Å². The Morgan fingerprint density at radius 3 is 2.65 bits per heavy atom. The second-order valence-electron chi connectivity index (χ2n) is 4.77. The number of nitrogens with one attached hydrogen (secondary N) is 1. The maximum atomic E-state index is 11.7. The van der Waals surface area contributed by atoms with Crippen molar-refractivity contribution in [3.05, 3.63) is 0 Å². The van der Waals surface area contributed by atoms with Gasteiger partial charge in [-0.3, -0.25) is 4.79 Å². The van der Waals surface area contributed by atoms with Crippen LogP contribution in [-0.4, -0.2) is 41.6 Å². The molecular formula is C12H22N2O3. The van der Waals surface area contributed by atoms with E-state index in [1.165, 1.54) is 0 Å². The van der Waals surface area contributed by atoms with Crippen molar-refractivity contribution in [1.29, 1.82) is 0 Å². The Balaban J connectivity index is 2.30. The maximum Gasteiger partial charge on any atom is 0.317 e. The van der Waals surface area contributed by atoms with Crippen molar-refractivity contribution in [2.24, 2.45) is 5.92 Å². The minimum Gasteiger partial charge on any atom is -0.481 e. The topological polar surface area (TPSA) is 69.6 Å². The first-order valence-electron chi connectivity index (χ1n) is 6.29. The largest absolute Gasteiger partial charge is 0.481 e. The molecule has 0 aromatic carbocycles. The average molecular weight is 242 g/mol. The van der Waals surface area contributed by atoms with Crippen molar-refractivity contribution in [2.75, 3.05) is 13.6 Å². The molecule has 1 aliphatic carbocycles. The molecule has 17 heavy (non-hydrogen) atoms. The molecule has 2 atom stereocenters. The smallest absolute Gasteiger partial charge is 0.317 e. The second-order valence-corrected chi connectivity index (χ2v) is 4.77. The Morgan fingerprint density at radius 2 is 2.12 bits per heavy atom. The Labute approximate surface area is 102 Å². The Kier molecular flexibility index (Phi) is 5.25. The van der Waals surface area contributed by atoms with Crippen LogP contribution < -0.4 is 5.32 Å². The van der Waals surface area contributed by atoms with Crippen molar-refractivity contribution >= 4 is 12.0 Å². The number of aliphatic carboxylic acids is 1. The molecule has 5 heteroatoms. The van der Waals surface area contributed by atoms with E-state index in [4.69, 9.17) is 5.11 Å². The molecule has 1 rings (SSSR count). The van der Waals surface area contributed by atoms with Gasteiger partial charge < -0.3 is 15.3 Å². The van der Waals surface area contributed by atoms with Gasteiger partial charge in [0, 0.05) is 19.6 Å². The number of nitrogens with zero attached hydrogens (tertiary/aromatic N) is 1. The molecule has 5 nitrogen and oxygen atoms in total. The standard InChI is InChI=1S/C12H22N2O3/c1-3-4-7-14(2)12(17)13-10-6-5-9(8-10)11(15)16/h9-10H,3-8H2,1-2H3,(H,13,17)(H,15,16). The summed E-state index contributed by atoms with van der Waals surface area (Å²) >= 11 is 0. The quantitative estimate of drug-likeness (QED) is 0.770. The molecule has 0 saturated heterocycles. The van der Waals surface area contributed by atoms with Gasteiger partial charge in [-0.25, -0.2) is 4.79 Å². The number of rotatable bonds is 5. The zero-order valence-corrected chi connectivity index (χ0v) is 10.6. The molecule has 2 unspecified atom stereocenters. The normalized spacial score (nSPS) is 23.4. The summed E-state index contributed by atoms with van der Waals surface area (Å²) in [5.41, 5.74) is 0. The number of carboxylic acids is 1. The summed E-state index contributed by atoms with van der Waals surface area (Å²) in [6.45, 7) is 2.83. The minimum atomic E-state index is -0.749. The fourth-order valence-electron chi connectivity index (χ4n) is 2.12. The van der Waals surface area contributed by atoms with E-state index in [2.05, 4.69) is 12.2 Å². The molecule has 0 aliphatic heterocycles. The molecule has 98 valence electrons. The highest BCUT2D eigenvalue weighted by Crippen LogP contribution is 2.25. The van der Waals surface area contributed by atoms with Crippen LogP contribution in [0.25, 0.3) is 0 Å². The van der Waals surface area contributed by atoms with E-state index in [-0.39, 0.29) is 18.0 Å². The van der Waals surface area contributed by atoms with E-state index in [0.717, 1.165) is 25.8 Å². The molecule has 1 saturated carbocycles. The number of hydrogen-bond donors (Lipinski definition) is 2. The van der Waals surface area contributed by atoms with Gasteiger partial charge in [0.15, 0.2) is 0 Å². The summed E-state index contributed by atoms with van der Waals surface area (Å²) in [6.07, 6.45) is 4.04. The summed E-state index contributed by atoms with van der Waals surface area (Å²) in [7, 11) is 1.77. The molecule has 0 spiro atoms. The number of hydrogen-bond acceptors (Lipinski definition) is 2. The molecule has 2 N–H and O–H groups in total. The summed E-state index contributed by atoms with van der Waals surface area (Å²) in [5.74, 6) is -1.04. The zero-order chi connectivity index (χ0) is 12.8. The molecule has 0 radical (unpaired) electrons. The molecule has 0 aromatic rings. The number of carbonyl (C=O) groups is 2. The zero-order valence-electron chi connectivity index (χ0n) is 10.6. The summed E-state index contributed by atoms with van der Waals surface area (Å²) < 4.78 is 0. The SMILES string of the molecule is CCCCN(C)C(=O)NC1CCC(C(=O)O)C1. The van der Waals surface area contributed by atoms with Crippen LogP contribution in [0.15, 0.2) is 0 Å². The van der Waals surface area contributed by atoms with Gasteiger partial charge in [0.25, 0.3) is 0 Å². The van der Waals surface area contributed by atoms with Crippen LogP contribution in [0.3, 0.4) is 0 Å². The lowest BCUT2D eigenvalue weighted by molar-refractivity contribution is -0.141. The average Bonchev–Trinajstić information content (AvgIpc) is 2.74. The van der Waals surface area contributed by atoms with Crippen LogP contribution in [0.1, 0.15) is 39.0 Å². The molecular weight excluding hydrogens is 220 g/mol. The third-order valence-corrected chi connectivity index (χ3v) is 3.30. The number of amides is 2. The number of unbranched alkanes of at least 4 members (excludes halogenated alkanes) is 1. The van der Waals surface area contributed by atoms with Crippen LogP contribution in [0.4, 0.5) is 4.79 Å². The first-order chi connectivity index (χ1) is 8.04. The molecule has 1 fully saturated rings. The maximum absolute atomic E-state index is 11.7. The molecule has 0 bridgehead atoms. The lowest BCUT2D eigenvalue weighted by atomic mass is 10.1. The van der Waals surface area contributed by atoms with Crippen molar-refractivity contribution in [2.45, 2.75) is 45.1 Å². The summed E-state index contributed by atoms with van der Waals surface area (Å²) in [4.78, 5) is 24.2. The van der Waals surface area contributed by atoms with Crippen molar-refractivity contribution in [3.63, 3.8) is 0 Å². The van der Waals surface area contributed by atoms with E-state index in [0.29, 0.717) is 12.8 Å². The highest BCUT2D eigenvalue weighted by Gasteiger charge is 2.30. The lowest BCUT2D eigenvalue weighted by Gasteiger charge is -2.20. The number of carboxylic acid groups (broad SMARTS) is 1. The van der Waals surface area contributed by atoms with Gasteiger partial charge in [-0.15, -0.1) is 0 Å². The Bertz CT molecular complexity index is 281. The monoisotopic (exact) mass is 242 g/mol. The van der Waals surface area contributed by atoms with Gasteiger partial charge >= 0.3 is 12.0 Å². The minimum absolute atomic E-state index is 0.0210. The van der Waals surface area contributed by atoms with Crippen LogP contribution >= 0.6 is 0 Å². The van der Waals surface area contributed by atoms with Gasteiger partial charge in [-0.2, -0.15) is 0 Å². The van der Waals surface area contributed by atoms with Crippen molar-refractivity contribution in [1.82, 2.24) is 10.2 Å².